The Hall–Kier alpha value is -1.43. The molecule has 0 aliphatic heterocycles. The van der Waals surface area contributed by atoms with E-state index < -0.39 is 5.60 Å². The highest BCUT2D eigenvalue weighted by molar-refractivity contribution is 6.30. The molecule has 4 nitrogen and oxygen atoms in total. The summed E-state index contributed by atoms with van der Waals surface area (Å²) in [5.41, 5.74) is 1.98. The number of halogens is 2. The second-order valence-electron chi connectivity index (χ2n) is 6.62. The van der Waals surface area contributed by atoms with E-state index in [4.69, 9.17) is 11.6 Å². The number of hydrogen-bond acceptors (Lipinski definition) is 3. The third-order valence-corrected chi connectivity index (χ3v) is 3.94. The summed E-state index contributed by atoms with van der Waals surface area (Å²) in [4.78, 5) is 2.01. The van der Waals surface area contributed by atoms with E-state index in [0.29, 0.717) is 24.8 Å². The van der Waals surface area contributed by atoms with Crippen LogP contribution in [0.25, 0.3) is 0 Å². The second-order valence-corrected chi connectivity index (χ2v) is 6.98. The number of aryl methyl sites for hydroxylation is 1. The summed E-state index contributed by atoms with van der Waals surface area (Å²) in [5.74, 6) is -0.259. The van der Waals surface area contributed by atoms with E-state index in [1.54, 1.807) is 30.7 Å². The molecular weight excluding hydrogens is 317 g/mol. The average Bonchev–Trinajstić information content (AvgIpc) is 2.67. The number of likely N-dealkylation sites (N-methyl/N-ethyl adjacent to an activating group) is 1. The van der Waals surface area contributed by atoms with Crippen molar-refractivity contribution in [3.8, 4) is 0 Å². The molecule has 0 spiro atoms. The maximum atomic E-state index is 13.0. The van der Waals surface area contributed by atoms with Crippen LogP contribution < -0.4 is 0 Å². The average molecular weight is 340 g/mol. The van der Waals surface area contributed by atoms with Crippen LogP contribution in [0.3, 0.4) is 0 Å². The lowest BCUT2D eigenvalue weighted by atomic mass is 10.1. The summed E-state index contributed by atoms with van der Waals surface area (Å²) in [6.45, 7) is 7.10. The van der Waals surface area contributed by atoms with Gasteiger partial charge >= 0.3 is 0 Å². The number of nitrogens with zero attached hydrogens (tertiary/aromatic N) is 3. The third-order valence-electron chi connectivity index (χ3n) is 3.51. The van der Waals surface area contributed by atoms with Crippen LogP contribution in [0.2, 0.25) is 5.15 Å². The van der Waals surface area contributed by atoms with Gasteiger partial charge in [-0.3, -0.25) is 4.90 Å². The smallest absolute Gasteiger partial charge is 0.132 e. The zero-order chi connectivity index (χ0) is 17.2. The Kier molecular flexibility index (Phi) is 5.45. The molecule has 23 heavy (non-hydrogen) atoms. The maximum Gasteiger partial charge on any atom is 0.132 e. The van der Waals surface area contributed by atoms with Crippen LogP contribution in [-0.2, 0) is 13.1 Å². The quantitative estimate of drug-likeness (QED) is 0.878. The lowest BCUT2D eigenvalue weighted by Gasteiger charge is -2.25. The Morgan fingerprint density at radius 1 is 1.30 bits per heavy atom. The van der Waals surface area contributed by atoms with E-state index in [9.17, 15) is 9.50 Å². The Bertz CT molecular complexity index is 662. The van der Waals surface area contributed by atoms with Gasteiger partial charge in [-0.1, -0.05) is 23.7 Å². The van der Waals surface area contributed by atoms with Crippen LogP contribution in [0.1, 0.15) is 30.7 Å². The van der Waals surface area contributed by atoms with Crippen LogP contribution in [0, 0.1) is 12.7 Å². The molecule has 1 aromatic carbocycles. The largest absolute Gasteiger partial charge is 0.389 e. The lowest BCUT2D eigenvalue weighted by molar-refractivity contribution is 0.0424. The summed E-state index contributed by atoms with van der Waals surface area (Å²) in [5, 5.41) is 15.0. The van der Waals surface area contributed by atoms with Crippen LogP contribution in [0.15, 0.2) is 24.3 Å². The van der Waals surface area contributed by atoms with Gasteiger partial charge in [-0.25, -0.2) is 9.07 Å². The summed E-state index contributed by atoms with van der Waals surface area (Å²) in [7, 11) is 1.94. The van der Waals surface area contributed by atoms with Gasteiger partial charge in [0.2, 0.25) is 0 Å². The number of rotatable bonds is 6. The van der Waals surface area contributed by atoms with Crippen molar-refractivity contribution >= 4 is 11.6 Å². The van der Waals surface area contributed by atoms with Crippen molar-refractivity contribution in [1.29, 1.82) is 0 Å². The highest BCUT2D eigenvalue weighted by Crippen LogP contribution is 2.23. The van der Waals surface area contributed by atoms with Crippen LogP contribution >= 0.6 is 11.6 Å². The normalized spacial score (nSPS) is 12.2. The molecule has 126 valence electrons. The fourth-order valence-electron chi connectivity index (χ4n) is 2.62. The number of aliphatic hydroxyl groups is 1. The summed E-state index contributed by atoms with van der Waals surface area (Å²) in [6, 6.07) is 6.31. The summed E-state index contributed by atoms with van der Waals surface area (Å²) < 4.78 is 14.7. The van der Waals surface area contributed by atoms with Crippen LogP contribution in [0.4, 0.5) is 4.39 Å². The van der Waals surface area contributed by atoms with Gasteiger partial charge in [0.25, 0.3) is 0 Å². The molecule has 0 atom stereocenters. The van der Waals surface area contributed by atoms with Crippen molar-refractivity contribution in [2.24, 2.45) is 0 Å². The standard InChI is InChI=1S/C17H23ClFN3O/c1-12-15(10-21(4)11-17(2,3)23)16(18)22(20-12)9-13-5-7-14(19)8-6-13/h5-8,23H,9-11H2,1-4H3. The lowest BCUT2D eigenvalue weighted by Crippen LogP contribution is -2.35. The van der Waals surface area contributed by atoms with E-state index in [0.717, 1.165) is 16.8 Å². The molecule has 0 aliphatic carbocycles. The van der Waals surface area contributed by atoms with Gasteiger partial charge in [0.15, 0.2) is 0 Å². The zero-order valence-electron chi connectivity index (χ0n) is 14.0. The van der Waals surface area contributed by atoms with Gasteiger partial charge in [0.1, 0.15) is 11.0 Å². The predicted octanol–water partition coefficient (Wildman–Crippen LogP) is 3.24. The molecule has 1 heterocycles. The summed E-state index contributed by atoms with van der Waals surface area (Å²) in [6.07, 6.45) is 0. The van der Waals surface area contributed by atoms with Gasteiger partial charge in [-0.05, 0) is 45.5 Å². The van der Waals surface area contributed by atoms with Crippen molar-refractivity contribution < 1.29 is 9.50 Å². The van der Waals surface area contributed by atoms with Gasteiger partial charge < -0.3 is 5.11 Å². The molecule has 0 aliphatic rings. The Balaban J connectivity index is 2.14. The Labute approximate surface area is 141 Å². The molecule has 0 saturated heterocycles. The Morgan fingerprint density at radius 2 is 1.91 bits per heavy atom. The van der Waals surface area contributed by atoms with E-state index in [1.165, 1.54) is 12.1 Å². The molecule has 0 amide bonds. The first-order valence-electron chi connectivity index (χ1n) is 7.53. The first kappa shape index (κ1) is 17.9. The van der Waals surface area contributed by atoms with E-state index in [2.05, 4.69) is 5.10 Å². The van der Waals surface area contributed by atoms with Crippen LogP contribution in [0.5, 0.6) is 0 Å². The molecule has 0 radical (unpaired) electrons. The van der Waals surface area contributed by atoms with Crippen molar-refractivity contribution in [1.82, 2.24) is 14.7 Å². The minimum absolute atomic E-state index is 0.259. The number of aromatic nitrogens is 2. The molecule has 0 bridgehead atoms. The fraction of sp³-hybridized carbons (Fsp3) is 0.471. The minimum Gasteiger partial charge on any atom is -0.389 e. The third kappa shape index (κ3) is 5.03. The predicted molar refractivity (Wildman–Crippen MR) is 90.1 cm³/mol. The Morgan fingerprint density at radius 3 is 2.48 bits per heavy atom. The first-order valence-corrected chi connectivity index (χ1v) is 7.90. The fourth-order valence-corrected chi connectivity index (χ4v) is 2.92. The topological polar surface area (TPSA) is 41.3 Å². The van der Waals surface area contributed by atoms with Crippen LogP contribution in [-0.4, -0.2) is 39.0 Å². The summed E-state index contributed by atoms with van der Waals surface area (Å²) >= 11 is 6.46. The monoisotopic (exact) mass is 339 g/mol. The van der Waals surface area contributed by atoms with Gasteiger partial charge in [0.05, 0.1) is 17.8 Å². The zero-order valence-corrected chi connectivity index (χ0v) is 14.7. The molecule has 0 unspecified atom stereocenters. The van der Waals surface area contributed by atoms with Crippen molar-refractivity contribution in [3.63, 3.8) is 0 Å². The van der Waals surface area contributed by atoms with E-state index in [1.807, 2.05) is 18.9 Å². The minimum atomic E-state index is -0.765. The van der Waals surface area contributed by atoms with Gasteiger partial charge in [-0.15, -0.1) is 0 Å². The highest BCUT2D eigenvalue weighted by Gasteiger charge is 2.19. The molecule has 2 aromatic rings. The van der Waals surface area contributed by atoms with Crippen molar-refractivity contribution in [2.45, 2.75) is 39.5 Å². The van der Waals surface area contributed by atoms with Crippen molar-refractivity contribution in [2.75, 3.05) is 13.6 Å². The molecule has 0 saturated carbocycles. The van der Waals surface area contributed by atoms with E-state index >= 15 is 0 Å². The second kappa shape index (κ2) is 6.99. The molecule has 1 aromatic heterocycles. The first-order chi connectivity index (χ1) is 10.7. The molecule has 2 rings (SSSR count). The number of benzene rings is 1. The highest BCUT2D eigenvalue weighted by atomic mass is 35.5. The molecule has 0 fully saturated rings. The van der Waals surface area contributed by atoms with Crippen molar-refractivity contribution in [3.05, 3.63) is 52.1 Å². The van der Waals surface area contributed by atoms with E-state index in [-0.39, 0.29) is 5.82 Å². The molecule has 1 N–H and O–H groups in total. The van der Waals surface area contributed by atoms with Gasteiger partial charge in [-0.2, -0.15) is 5.10 Å². The molecular formula is C17H23ClFN3O. The van der Waals surface area contributed by atoms with Gasteiger partial charge in [0, 0.05) is 18.7 Å². The molecule has 6 heteroatoms. The SMILES string of the molecule is Cc1nn(Cc2ccc(F)cc2)c(Cl)c1CN(C)CC(C)(C)O. The maximum absolute atomic E-state index is 13.0. The number of hydrogen-bond donors (Lipinski definition) is 1.